The van der Waals surface area contributed by atoms with Gasteiger partial charge in [-0.1, -0.05) is 50.5 Å². The quantitative estimate of drug-likeness (QED) is 0.229. The third kappa shape index (κ3) is 6.54. The number of aromatic nitrogens is 2. The molecule has 3 rings (SSSR count). The fraction of sp³-hybridized carbons (Fsp3) is 0.423. The van der Waals surface area contributed by atoms with Crippen LogP contribution in [0, 0.1) is 5.41 Å². The van der Waals surface area contributed by atoms with E-state index in [1.54, 1.807) is 12.3 Å². The standard InChI is InChI=1S/C26H30Br3N3O3/c1-7-15(3)24-31-19-10-9-17(27)12-18(19)25(33)32(24)30-13-16-11-20(34-8-2)23(22(29)21(16)28)35-14-26(4,5)6/h9-13,15H,7-8,14H2,1-6H3/t15-/m1/s1. The van der Waals surface area contributed by atoms with Crippen LogP contribution in [0.25, 0.3) is 10.9 Å². The first-order valence-corrected chi connectivity index (χ1v) is 13.9. The van der Waals surface area contributed by atoms with Crippen molar-refractivity contribution in [2.45, 2.75) is 53.9 Å². The molecule has 0 radical (unpaired) electrons. The Kier molecular flexibility index (Phi) is 9.21. The number of hydrogen-bond donors (Lipinski definition) is 0. The van der Waals surface area contributed by atoms with Gasteiger partial charge in [-0.2, -0.15) is 9.78 Å². The summed E-state index contributed by atoms with van der Waals surface area (Å²) < 4.78 is 15.7. The van der Waals surface area contributed by atoms with Crippen LogP contribution in [0.5, 0.6) is 11.5 Å². The number of benzene rings is 2. The number of rotatable bonds is 8. The number of nitrogens with zero attached hydrogens (tertiary/aromatic N) is 3. The molecule has 0 spiro atoms. The Balaban J connectivity index is 2.14. The summed E-state index contributed by atoms with van der Waals surface area (Å²) in [5.74, 6) is 1.90. The van der Waals surface area contributed by atoms with E-state index in [0.717, 1.165) is 25.4 Å². The molecule has 0 fully saturated rings. The lowest BCUT2D eigenvalue weighted by molar-refractivity contribution is 0.187. The van der Waals surface area contributed by atoms with Gasteiger partial charge in [0.15, 0.2) is 11.5 Å². The molecular formula is C26H30Br3N3O3. The van der Waals surface area contributed by atoms with Crippen LogP contribution in [0.15, 0.2) is 47.6 Å². The van der Waals surface area contributed by atoms with Crippen molar-refractivity contribution in [2.75, 3.05) is 13.2 Å². The van der Waals surface area contributed by atoms with E-state index < -0.39 is 0 Å². The Morgan fingerprint density at radius 3 is 2.46 bits per heavy atom. The van der Waals surface area contributed by atoms with Crippen molar-refractivity contribution in [3.63, 3.8) is 0 Å². The zero-order chi connectivity index (χ0) is 25.9. The molecule has 0 aliphatic carbocycles. The molecule has 1 aromatic heterocycles. The minimum atomic E-state index is -0.215. The van der Waals surface area contributed by atoms with Crippen LogP contribution in [0.3, 0.4) is 0 Å². The van der Waals surface area contributed by atoms with E-state index in [2.05, 4.69) is 80.6 Å². The Labute approximate surface area is 231 Å². The predicted octanol–water partition coefficient (Wildman–Crippen LogP) is 7.90. The number of halogens is 3. The fourth-order valence-electron chi connectivity index (χ4n) is 3.28. The SMILES string of the molecule is CCOc1cc(C=Nn2c([C@H](C)CC)nc3ccc(Br)cc3c2=O)c(Br)c(Br)c1OCC(C)(C)C. The maximum atomic E-state index is 13.4. The first-order valence-electron chi connectivity index (χ1n) is 11.5. The molecule has 1 heterocycles. The van der Waals surface area contributed by atoms with Gasteiger partial charge in [-0.15, -0.1) is 0 Å². The maximum absolute atomic E-state index is 13.4. The van der Waals surface area contributed by atoms with Gasteiger partial charge in [-0.3, -0.25) is 4.79 Å². The summed E-state index contributed by atoms with van der Waals surface area (Å²) in [5, 5.41) is 5.10. The summed E-state index contributed by atoms with van der Waals surface area (Å²) in [6.45, 7) is 13.4. The Hall–Kier alpha value is -1.71. The molecule has 3 aromatic rings. The molecule has 9 heteroatoms. The second-order valence-electron chi connectivity index (χ2n) is 9.51. The highest BCUT2D eigenvalue weighted by Crippen LogP contribution is 2.43. The lowest BCUT2D eigenvalue weighted by Crippen LogP contribution is -2.23. The average molecular weight is 672 g/mol. The van der Waals surface area contributed by atoms with E-state index in [9.17, 15) is 4.79 Å². The predicted molar refractivity (Wildman–Crippen MR) is 153 cm³/mol. The summed E-state index contributed by atoms with van der Waals surface area (Å²) in [6.07, 6.45) is 2.47. The number of hydrogen-bond acceptors (Lipinski definition) is 5. The molecule has 0 aliphatic rings. The minimum absolute atomic E-state index is 0.0128. The number of ether oxygens (including phenoxy) is 2. The van der Waals surface area contributed by atoms with Gasteiger partial charge in [-0.25, -0.2) is 4.98 Å². The van der Waals surface area contributed by atoms with Gasteiger partial charge in [0.2, 0.25) is 0 Å². The van der Waals surface area contributed by atoms with Crippen molar-refractivity contribution in [2.24, 2.45) is 10.5 Å². The Morgan fingerprint density at radius 1 is 1.11 bits per heavy atom. The molecule has 1 atom stereocenters. The molecule has 0 amide bonds. The smallest absolute Gasteiger partial charge is 0.282 e. The van der Waals surface area contributed by atoms with Crippen LogP contribution in [0.1, 0.15) is 65.3 Å². The van der Waals surface area contributed by atoms with E-state index in [1.807, 2.05) is 32.0 Å². The van der Waals surface area contributed by atoms with Gasteiger partial charge in [-0.05, 0) is 74.9 Å². The molecule has 35 heavy (non-hydrogen) atoms. The Bertz CT molecular complexity index is 1310. The molecule has 0 unspecified atom stereocenters. The third-order valence-electron chi connectivity index (χ3n) is 5.30. The molecule has 0 saturated heterocycles. The van der Waals surface area contributed by atoms with Gasteiger partial charge >= 0.3 is 0 Å². The van der Waals surface area contributed by atoms with Crippen molar-refractivity contribution in [3.05, 3.63) is 59.4 Å². The van der Waals surface area contributed by atoms with Crippen molar-refractivity contribution < 1.29 is 9.47 Å². The number of fused-ring (bicyclic) bond motifs is 1. The van der Waals surface area contributed by atoms with Gasteiger partial charge in [0, 0.05) is 20.4 Å². The molecule has 6 nitrogen and oxygen atoms in total. The highest BCUT2D eigenvalue weighted by atomic mass is 79.9. The third-order valence-corrected chi connectivity index (χ3v) is 7.94. The van der Waals surface area contributed by atoms with Crippen molar-refractivity contribution >= 4 is 64.9 Å². The van der Waals surface area contributed by atoms with Crippen LogP contribution in [0.4, 0.5) is 0 Å². The highest BCUT2D eigenvalue weighted by Gasteiger charge is 2.21. The Morgan fingerprint density at radius 2 is 1.83 bits per heavy atom. The lowest BCUT2D eigenvalue weighted by Gasteiger charge is -2.22. The van der Waals surface area contributed by atoms with Crippen molar-refractivity contribution in [1.29, 1.82) is 0 Å². The molecule has 0 aliphatic heterocycles. The van der Waals surface area contributed by atoms with Crippen LogP contribution in [-0.4, -0.2) is 29.1 Å². The van der Waals surface area contributed by atoms with Gasteiger partial charge < -0.3 is 9.47 Å². The van der Waals surface area contributed by atoms with E-state index in [1.165, 1.54) is 4.68 Å². The second-order valence-corrected chi connectivity index (χ2v) is 12.0. The van der Waals surface area contributed by atoms with Gasteiger partial charge in [0.25, 0.3) is 5.56 Å². The average Bonchev–Trinajstić information content (AvgIpc) is 2.80. The van der Waals surface area contributed by atoms with Crippen molar-refractivity contribution in [1.82, 2.24) is 9.66 Å². The normalized spacial score (nSPS) is 12.9. The zero-order valence-electron chi connectivity index (χ0n) is 20.8. The largest absolute Gasteiger partial charge is 0.490 e. The summed E-state index contributed by atoms with van der Waals surface area (Å²) >= 11 is 10.8. The van der Waals surface area contributed by atoms with Crippen LogP contribution in [-0.2, 0) is 0 Å². The lowest BCUT2D eigenvalue weighted by atomic mass is 9.99. The first kappa shape index (κ1) is 27.9. The minimum Gasteiger partial charge on any atom is -0.490 e. The molecule has 0 saturated carbocycles. The van der Waals surface area contributed by atoms with Gasteiger partial charge in [0.05, 0.1) is 34.8 Å². The zero-order valence-corrected chi connectivity index (χ0v) is 25.5. The maximum Gasteiger partial charge on any atom is 0.282 e. The highest BCUT2D eigenvalue weighted by molar-refractivity contribution is 9.13. The molecule has 2 aromatic carbocycles. The van der Waals surface area contributed by atoms with Crippen LogP contribution >= 0.6 is 47.8 Å². The van der Waals surface area contributed by atoms with E-state index in [4.69, 9.17) is 14.5 Å². The summed E-state index contributed by atoms with van der Waals surface area (Å²) in [7, 11) is 0. The van der Waals surface area contributed by atoms with E-state index in [0.29, 0.717) is 41.4 Å². The topological polar surface area (TPSA) is 65.7 Å². The van der Waals surface area contributed by atoms with Crippen LogP contribution < -0.4 is 15.0 Å². The summed E-state index contributed by atoms with van der Waals surface area (Å²) in [6, 6.07) is 7.37. The summed E-state index contributed by atoms with van der Waals surface area (Å²) in [4.78, 5) is 18.2. The molecule has 0 N–H and O–H groups in total. The summed E-state index contributed by atoms with van der Waals surface area (Å²) in [5.41, 5.74) is 1.16. The van der Waals surface area contributed by atoms with E-state index in [-0.39, 0.29) is 16.9 Å². The monoisotopic (exact) mass is 669 g/mol. The molecule has 0 bridgehead atoms. The fourth-order valence-corrected chi connectivity index (χ4v) is 4.58. The molecular weight excluding hydrogens is 642 g/mol. The van der Waals surface area contributed by atoms with E-state index >= 15 is 0 Å². The van der Waals surface area contributed by atoms with Crippen molar-refractivity contribution in [3.8, 4) is 11.5 Å². The van der Waals surface area contributed by atoms with Crippen LogP contribution in [0.2, 0.25) is 0 Å². The molecule has 188 valence electrons. The van der Waals surface area contributed by atoms with Gasteiger partial charge in [0.1, 0.15) is 5.82 Å². The first-order chi connectivity index (χ1) is 16.5. The second kappa shape index (κ2) is 11.6.